The molecule has 0 aliphatic heterocycles. The molecule has 0 spiro atoms. The summed E-state index contributed by atoms with van der Waals surface area (Å²) in [5.41, 5.74) is 2.37. The average Bonchev–Trinajstić information content (AvgIpc) is 3.26. The van der Waals surface area contributed by atoms with Crippen LogP contribution in [0.3, 0.4) is 0 Å². The Kier molecular flexibility index (Phi) is 7.16. The molecule has 4 rings (SSSR count). The Morgan fingerprint density at radius 2 is 1.62 bits per heavy atom. The van der Waals surface area contributed by atoms with Crippen LogP contribution in [0.1, 0.15) is 16.2 Å². The number of sulfonamides is 1. The van der Waals surface area contributed by atoms with Crippen LogP contribution in [0.4, 0.5) is 5.69 Å². The van der Waals surface area contributed by atoms with E-state index in [1.165, 1.54) is 23.9 Å². The zero-order valence-corrected chi connectivity index (χ0v) is 21.6. The first-order valence-electron chi connectivity index (χ1n) is 10.9. The molecule has 192 valence electrons. The van der Waals surface area contributed by atoms with Gasteiger partial charge >= 0.3 is 0 Å². The molecule has 1 aromatic heterocycles. The van der Waals surface area contributed by atoms with Gasteiger partial charge < -0.3 is 10.1 Å². The number of amides is 1. The number of sulfone groups is 1. The van der Waals surface area contributed by atoms with Crippen molar-refractivity contribution < 1.29 is 26.4 Å². The quantitative estimate of drug-likeness (QED) is 0.349. The van der Waals surface area contributed by atoms with Crippen molar-refractivity contribution in [3.63, 3.8) is 0 Å². The van der Waals surface area contributed by atoms with Crippen LogP contribution in [0.2, 0.25) is 0 Å². The Morgan fingerprint density at radius 1 is 0.973 bits per heavy atom. The summed E-state index contributed by atoms with van der Waals surface area (Å²) >= 11 is 0. The minimum absolute atomic E-state index is 0.00594. The normalized spacial score (nSPS) is 11.8. The van der Waals surface area contributed by atoms with Crippen LogP contribution in [-0.2, 0) is 25.6 Å². The summed E-state index contributed by atoms with van der Waals surface area (Å²) in [5.74, 6) is -0.225. The van der Waals surface area contributed by atoms with Gasteiger partial charge in [-0.1, -0.05) is 30.3 Å². The number of benzene rings is 3. The molecule has 0 aliphatic carbocycles. The third-order valence-electron chi connectivity index (χ3n) is 5.37. The van der Waals surface area contributed by atoms with Crippen molar-refractivity contribution in [3.05, 3.63) is 90.3 Å². The van der Waals surface area contributed by atoms with Crippen molar-refractivity contribution in [2.45, 2.75) is 10.6 Å². The summed E-state index contributed by atoms with van der Waals surface area (Å²) in [6, 6.07) is 21.2. The minimum atomic E-state index is -3.92. The van der Waals surface area contributed by atoms with Gasteiger partial charge in [0.1, 0.15) is 11.4 Å². The number of methoxy groups -OCH3 is 1. The molecule has 1 heterocycles. The first-order chi connectivity index (χ1) is 17.4. The summed E-state index contributed by atoms with van der Waals surface area (Å²) in [6.07, 6.45) is 1.09. The van der Waals surface area contributed by atoms with Gasteiger partial charge in [-0.25, -0.2) is 26.7 Å². The maximum Gasteiger partial charge on any atom is 0.274 e. The lowest BCUT2D eigenvalue weighted by Gasteiger charge is -2.11. The second-order valence-corrected chi connectivity index (χ2v) is 11.9. The van der Waals surface area contributed by atoms with Crippen LogP contribution in [0, 0.1) is 0 Å². The monoisotopic (exact) mass is 540 g/mol. The number of carbonyl (C=O) groups excluding carboxylic acids is 1. The van der Waals surface area contributed by atoms with Gasteiger partial charge in [-0.2, -0.15) is 5.10 Å². The number of carbonyl (C=O) groups is 1. The Morgan fingerprint density at radius 3 is 2.22 bits per heavy atom. The molecule has 0 unspecified atom stereocenters. The number of primary sulfonamides is 1. The van der Waals surface area contributed by atoms with Crippen LogP contribution in [-0.4, -0.2) is 45.9 Å². The SMILES string of the molecule is COc1ccc(-n2nc(CS(C)(=O)=O)cc2C(=O)Nc2ccc(-c3ccccc3S(N)(=O)=O)cc2)cc1. The maximum atomic E-state index is 13.2. The highest BCUT2D eigenvalue weighted by Crippen LogP contribution is 2.28. The smallest absolute Gasteiger partial charge is 0.274 e. The first kappa shape index (κ1) is 26.1. The lowest BCUT2D eigenvalue weighted by Crippen LogP contribution is -2.17. The minimum Gasteiger partial charge on any atom is -0.497 e. The number of ether oxygens (including phenoxy) is 1. The molecule has 0 saturated carbocycles. The topological polar surface area (TPSA) is 150 Å². The highest BCUT2D eigenvalue weighted by Gasteiger charge is 2.20. The molecule has 0 fully saturated rings. The van der Waals surface area contributed by atoms with E-state index in [1.807, 2.05) is 0 Å². The summed E-state index contributed by atoms with van der Waals surface area (Å²) in [6.45, 7) is 0. The average molecular weight is 541 g/mol. The van der Waals surface area contributed by atoms with Crippen molar-refractivity contribution in [2.75, 3.05) is 18.7 Å². The van der Waals surface area contributed by atoms with Gasteiger partial charge in [0, 0.05) is 17.5 Å². The number of aromatic nitrogens is 2. The van der Waals surface area contributed by atoms with E-state index in [0.29, 0.717) is 28.3 Å². The van der Waals surface area contributed by atoms with Crippen LogP contribution >= 0.6 is 0 Å². The molecule has 37 heavy (non-hydrogen) atoms. The molecule has 0 bridgehead atoms. The Labute approximate surface area is 214 Å². The molecular weight excluding hydrogens is 516 g/mol. The number of hydrogen-bond acceptors (Lipinski definition) is 7. The van der Waals surface area contributed by atoms with E-state index >= 15 is 0 Å². The van der Waals surface area contributed by atoms with Crippen LogP contribution in [0.15, 0.2) is 83.8 Å². The first-order valence-corrected chi connectivity index (χ1v) is 14.5. The van der Waals surface area contributed by atoms with E-state index in [0.717, 1.165) is 6.26 Å². The van der Waals surface area contributed by atoms with E-state index in [9.17, 15) is 21.6 Å². The molecule has 0 radical (unpaired) electrons. The van der Waals surface area contributed by atoms with Crippen molar-refractivity contribution in [2.24, 2.45) is 5.14 Å². The Balaban J connectivity index is 1.64. The predicted octanol–water partition coefficient (Wildman–Crippen LogP) is 2.99. The fourth-order valence-corrected chi connectivity index (χ4v) is 5.17. The number of rotatable bonds is 8. The zero-order chi connectivity index (χ0) is 26.8. The molecule has 4 aromatic rings. The zero-order valence-electron chi connectivity index (χ0n) is 20.0. The molecule has 3 N–H and O–H groups in total. The Hall–Kier alpha value is -4.00. The summed E-state index contributed by atoms with van der Waals surface area (Å²) < 4.78 is 54.1. The molecule has 3 aromatic carbocycles. The van der Waals surface area contributed by atoms with Crippen molar-refractivity contribution >= 4 is 31.5 Å². The van der Waals surface area contributed by atoms with E-state index in [-0.39, 0.29) is 22.0 Å². The molecule has 12 heteroatoms. The molecule has 1 amide bonds. The maximum absolute atomic E-state index is 13.2. The van der Waals surface area contributed by atoms with E-state index in [4.69, 9.17) is 9.88 Å². The van der Waals surface area contributed by atoms with Crippen molar-refractivity contribution in [1.82, 2.24) is 9.78 Å². The van der Waals surface area contributed by atoms with Gasteiger partial charge in [-0.3, -0.25) is 4.79 Å². The Bertz CT molecular complexity index is 1660. The van der Waals surface area contributed by atoms with E-state index in [2.05, 4.69) is 10.4 Å². The van der Waals surface area contributed by atoms with Crippen LogP contribution < -0.4 is 15.2 Å². The van der Waals surface area contributed by atoms with Gasteiger partial charge in [0.05, 0.1) is 29.1 Å². The number of hydrogen-bond donors (Lipinski definition) is 2. The van der Waals surface area contributed by atoms with Crippen molar-refractivity contribution in [1.29, 1.82) is 0 Å². The molecule has 0 atom stereocenters. The summed E-state index contributed by atoms with van der Waals surface area (Å²) in [5, 5.41) is 12.4. The van der Waals surface area contributed by atoms with Gasteiger partial charge in [0.25, 0.3) is 5.91 Å². The van der Waals surface area contributed by atoms with E-state index in [1.54, 1.807) is 66.7 Å². The second kappa shape index (κ2) is 10.2. The third-order valence-corrected chi connectivity index (χ3v) is 7.16. The number of nitrogens with zero attached hydrogens (tertiary/aromatic N) is 2. The van der Waals surface area contributed by atoms with Crippen LogP contribution in [0.25, 0.3) is 16.8 Å². The fraction of sp³-hybridized carbons (Fsp3) is 0.120. The number of nitrogens with two attached hydrogens (primary N) is 1. The largest absolute Gasteiger partial charge is 0.497 e. The van der Waals surface area contributed by atoms with Crippen molar-refractivity contribution in [3.8, 4) is 22.6 Å². The van der Waals surface area contributed by atoms with Gasteiger partial charge in [-0.15, -0.1) is 0 Å². The van der Waals surface area contributed by atoms with Gasteiger partial charge in [0.2, 0.25) is 10.0 Å². The number of nitrogens with one attached hydrogen (secondary N) is 1. The third kappa shape index (κ3) is 6.23. The van der Waals surface area contributed by atoms with Crippen LogP contribution in [0.5, 0.6) is 5.75 Å². The molecule has 10 nitrogen and oxygen atoms in total. The fourth-order valence-electron chi connectivity index (χ4n) is 3.73. The second-order valence-electron chi connectivity index (χ2n) is 8.27. The number of anilines is 1. The predicted molar refractivity (Wildman–Crippen MR) is 140 cm³/mol. The standard InChI is InChI=1S/C25H24N4O6S2/c1-35-21-13-11-20(12-14-21)29-23(15-19(28-29)16-36(2,31)32)25(30)27-18-9-7-17(8-10-18)22-5-3-4-6-24(22)37(26,33)34/h3-15H,16H2,1-2H3,(H,27,30)(H2,26,33,34). The van der Waals surface area contributed by atoms with Gasteiger partial charge in [-0.05, 0) is 54.1 Å². The van der Waals surface area contributed by atoms with E-state index < -0.39 is 25.8 Å². The molecular formula is C25H24N4O6S2. The highest BCUT2D eigenvalue weighted by atomic mass is 32.2. The highest BCUT2D eigenvalue weighted by molar-refractivity contribution is 7.90. The lowest BCUT2D eigenvalue weighted by molar-refractivity contribution is 0.101. The van der Waals surface area contributed by atoms with Gasteiger partial charge in [0.15, 0.2) is 9.84 Å². The lowest BCUT2D eigenvalue weighted by atomic mass is 10.1. The molecule has 0 saturated heterocycles. The molecule has 0 aliphatic rings. The summed E-state index contributed by atoms with van der Waals surface area (Å²) in [7, 11) is -5.77. The summed E-state index contributed by atoms with van der Waals surface area (Å²) in [4.78, 5) is 13.2.